The Bertz CT molecular complexity index is 572. The first-order chi connectivity index (χ1) is 9.27. The third-order valence-electron chi connectivity index (χ3n) is 3.30. The van der Waals surface area contributed by atoms with Crippen LogP contribution in [0.4, 0.5) is 0 Å². The van der Waals surface area contributed by atoms with E-state index in [0.717, 1.165) is 0 Å². The molecule has 0 radical (unpaired) electrons. The molecule has 20 heavy (non-hydrogen) atoms. The molecule has 0 aromatic carbocycles. The Morgan fingerprint density at radius 3 is 2.30 bits per heavy atom. The van der Waals surface area contributed by atoms with Crippen LogP contribution in [0, 0.1) is 0 Å². The van der Waals surface area contributed by atoms with Crippen LogP contribution in [0.3, 0.4) is 0 Å². The number of carboxylic acid groups (broad SMARTS) is 1. The average molecular weight is 278 g/mol. The molecule has 1 aliphatic carbocycles. The molecular formula is C14H14O6. The summed E-state index contributed by atoms with van der Waals surface area (Å²) in [5.74, 6) is -2.61. The van der Waals surface area contributed by atoms with E-state index in [-0.39, 0.29) is 5.57 Å². The highest BCUT2D eigenvalue weighted by atomic mass is 16.7. The molecule has 106 valence electrons. The Hall–Kier alpha value is -2.21. The van der Waals surface area contributed by atoms with Crippen molar-refractivity contribution in [2.75, 3.05) is 0 Å². The molecule has 6 heteroatoms. The van der Waals surface area contributed by atoms with E-state index in [1.807, 2.05) is 0 Å². The molecular weight excluding hydrogens is 264 g/mol. The Morgan fingerprint density at radius 2 is 1.80 bits per heavy atom. The van der Waals surface area contributed by atoms with Gasteiger partial charge >= 0.3 is 11.9 Å². The van der Waals surface area contributed by atoms with Gasteiger partial charge < -0.3 is 14.6 Å². The smallest absolute Gasteiger partial charge is 0.347 e. The fourth-order valence-electron chi connectivity index (χ4n) is 2.11. The van der Waals surface area contributed by atoms with Gasteiger partial charge in [0, 0.05) is 0 Å². The van der Waals surface area contributed by atoms with Crippen LogP contribution in [0.5, 0.6) is 0 Å². The highest BCUT2D eigenvalue weighted by molar-refractivity contribution is 6.04. The van der Waals surface area contributed by atoms with Crippen LogP contribution in [0.2, 0.25) is 0 Å². The van der Waals surface area contributed by atoms with Gasteiger partial charge in [-0.25, -0.2) is 9.59 Å². The van der Waals surface area contributed by atoms with Crippen LogP contribution >= 0.6 is 0 Å². The Balaban J connectivity index is 2.17. The van der Waals surface area contributed by atoms with Crippen LogP contribution in [-0.4, -0.2) is 40.1 Å². The van der Waals surface area contributed by atoms with Gasteiger partial charge in [0.15, 0.2) is 11.9 Å². The first-order valence-corrected chi connectivity index (χ1v) is 5.98. The molecule has 3 atom stereocenters. The maximum atomic E-state index is 12.1. The molecule has 1 saturated heterocycles. The van der Waals surface area contributed by atoms with Crippen LogP contribution in [-0.2, 0) is 23.9 Å². The lowest BCUT2D eigenvalue weighted by atomic mass is 9.88. The van der Waals surface area contributed by atoms with Gasteiger partial charge in [0.05, 0.1) is 0 Å². The monoisotopic (exact) mass is 278 g/mol. The lowest BCUT2D eigenvalue weighted by Gasteiger charge is -2.16. The lowest BCUT2D eigenvalue weighted by molar-refractivity contribution is -0.157. The van der Waals surface area contributed by atoms with Crippen molar-refractivity contribution in [2.24, 2.45) is 0 Å². The third kappa shape index (κ3) is 1.80. The molecule has 2 rings (SSSR count). The molecule has 1 fully saturated rings. The van der Waals surface area contributed by atoms with E-state index in [2.05, 4.69) is 6.58 Å². The summed E-state index contributed by atoms with van der Waals surface area (Å²) >= 11 is 0. The molecule has 1 aliphatic heterocycles. The largest absolute Gasteiger partial charge is 0.479 e. The third-order valence-corrected chi connectivity index (χ3v) is 3.30. The first kappa shape index (κ1) is 14.2. The van der Waals surface area contributed by atoms with E-state index in [1.165, 1.54) is 38.2 Å². The average Bonchev–Trinajstić information content (AvgIpc) is 3.09. The summed E-state index contributed by atoms with van der Waals surface area (Å²) in [6.07, 6.45) is 4.54. The van der Waals surface area contributed by atoms with Gasteiger partial charge in [0.2, 0.25) is 11.2 Å². The van der Waals surface area contributed by atoms with Gasteiger partial charge in [0.25, 0.3) is 0 Å². The molecule has 6 nitrogen and oxygen atoms in total. The second-order valence-corrected chi connectivity index (χ2v) is 4.79. The van der Waals surface area contributed by atoms with Crippen LogP contribution in [0.15, 0.2) is 36.5 Å². The Labute approximate surface area is 115 Å². The number of ether oxygens (including phenoxy) is 2. The van der Waals surface area contributed by atoms with E-state index in [9.17, 15) is 19.5 Å². The van der Waals surface area contributed by atoms with Crippen molar-refractivity contribution in [1.82, 2.24) is 0 Å². The van der Waals surface area contributed by atoms with E-state index >= 15 is 0 Å². The zero-order valence-corrected chi connectivity index (χ0v) is 11.1. The van der Waals surface area contributed by atoms with Gasteiger partial charge in [-0.2, -0.15) is 0 Å². The lowest BCUT2D eigenvalue weighted by Crippen LogP contribution is -2.41. The summed E-state index contributed by atoms with van der Waals surface area (Å²) in [4.78, 5) is 35.0. The molecule has 0 spiro atoms. The van der Waals surface area contributed by atoms with E-state index < -0.39 is 35.0 Å². The number of carbonyl (C=O) groups excluding carboxylic acids is 2. The molecule has 0 bridgehead atoms. The zero-order valence-electron chi connectivity index (χ0n) is 11.1. The number of aliphatic carboxylic acids is 1. The number of Topliss-reactive ketones (excluding diaryl/α,β-unsaturated/α-hetero) is 1. The van der Waals surface area contributed by atoms with Gasteiger partial charge in [-0.3, -0.25) is 4.79 Å². The molecule has 0 aromatic rings. The number of allylic oxidation sites excluding steroid dienone is 2. The number of carboxylic acids is 1. The second kappa shape index (κ2) is 4.42. The fraction of sp³-hybridized carbons (Fsp3) is 0.357. The molecule has 1 N–H and O–H groups in total. The number of epoxide rings is 1. The van der Waals surface area contributed by atoms with Crippen molar-refractivity contribution < 1.29 is 29.0 Å². The quantitative estimate of drug-likeness (QED) is 0.454. The highest BCUT2D eigenvalue weighted by Gasteiger charge is 2.79. The minimum Gasteiger partial charge on any atom is -0.479 e. The highest BCUT2D eigenvalue weighted by Crippen LogP contribution is 2.53. The van der Waals surface area contributed by atoms with Crippen molar-refractivity contribution in [1.29, 1.82) is 0 Å². The zero-order chi connectivity index (χ0) is 15.1. The topological polar surface area (TPSA) is 93.2 Å². The number of hydrogen-bond acceptors (Lipinski definition) is 5. The number of carbonyl (C=O) groups is 3. The normalized spacial score (nSPS) is 31.1. The number of esters is 1. The van der Waals surface area contributed by atoms with Crippen molar-refractivity contribution in [3.8, 4) is 0 Å². The molecule has 0 saturated carbocycles. The maximum absolute atomic E-state index is 12.1. The van der Waals surface area contributed by atoms with Gasteiger partial charge in [-0.05, 0) is 31.6 Å². The van der Waals surface area contributed by atoms with Crippen LogP contribution in [0.1, 0.15) is 13.8 Å². The summed E-state index contributed by atoms with van der Waals surface area (Å²) in [7, 11) is 0. The van der Waals surface area contributed by atoms with E-state index in [0.29, 0.717) is 0 Å². The summed E-state index contributed by atoms with van der Waals surface area (Å²) in [5, 5.41) is 9.19. The van der Waals surface area contributed by atoms with E-state index in [1.54, 1.807) is 0 Å². The Kier molecular flexibility index (Phi) is 3.14. The summed E-state index contributed by atoms with van der Waals surface area (Å²) in [5.41, 5.74) is -3.16. The SMILES string of the molecule is C=C(C)C(=O)C(C)OC(=O)C12C=CC=CC1(C(=O)O)O2. The van der Waals surface area contributed by atoms with Crippen molar-refractivity contribution in [3.63, 3.8) is 0 Å². The number of rotatable bonds is 5. The summed E-state index contributed by atoms with van der Waals surface area (Å²) in [6.45, 7) is 6.38. The maximum Gasteiger partial charge on any atom is 0.347 e. The summed E-state index contributed by atoms with van der Waals surface area (Å²) in [6, 6.07) is 0. The van der Waals surface area contributed by atoms with E-state index in [4.69, 9.17) is 9.47 Å². The fourth-order valence-corrected chi connectivity index (χ4v) is 2.11. The molecule has 0 aromatic heterocycles. The van der Waals surface area contributed by atoms with Crippen LogP contribution < -0.4 is 0 Å². The number of hydrogen-bond donors (Lipinski definition) is 1. The van der Waals surface area contributed by atoms with Gasteiger partial charge in [0.1, 0.15) is 0 Å². The molecule has 0 amide bonds. The van der Waals surface area contributed by atoms with Crippen molar-refractivity contribution in [2.45, 2.75) is 31.2 Å². The van der Waals surface area contributed by atoms with Crippen LogP contribution in [0.25, 0.3) is 0 Å². The standard InChI is InChI=1S/C14H14O6/c1-8(2)10(15)9(3)19-12(18)14-7-5-4-6-13(14,20-14)11(16)17/h4-7,9H,1H2,2-3H3,(H,16,17). The first-order valence-electron chi connectivity index (χ1n) is 5.98. The van der Waals surface area contributed by atoms with Crippen molar-refractivity contribution >= 4 is 17.7 Å². The van der Waals surface area contributed by atoms with Gasteiger partial charge in [-0.1, -0.05) is 18.7 Å². The molecule has 3 unspecified atom stereocenters. The predicted octanol–water partition coefficient (Wildman–Crippen LogP) is 0.782. The Morgan fingerprint density at radius 1 is 1.25 bits per heavy atom. The summed E-state index contributed by atoms with van der Waals surface area (Å²) < 4.78 is 10.1. The van der Waals surface area contributed by atoms with Gasteiger partial charge in [-0.15, -0.1) is 0 Å². The minimum absolute atomic E-state index is 0.253. The minimum atomic E-state index is -1.73. The predicted molar refractivity (Wildman–Crippen MR) is 67.8 cm³/mol. The number of fused-ring (bicyclic) bond motifs is 1. The molecule has 2 aliphatic rings. The second-order valence-electron chi connectivity index (χ2n) is 4.79. The van der Waals surface area contributed by atoms with Crippen molar-refractivity contribution in [3.05, 3.63) is 36.5 Å². The molecule has 1 heterocycles. The number of ketones is 1.